The quantitative estimate of drug-likeness (QED) is 0.792. The van der Waals surface area contributed by atoms with Gasteiger partial charge in [0.05, 0.1) is 24.9 Å². The number of para-hydroxylation sites is 1. The lowest BCUT2D eigenvalue weighted by molar-refractivity contribution is -0.0261. The van der Waals surface area contributed by atoms with Gasteiger partial charge in [0.25, 0.3) is 0 Å². The van der Waals surface area contributed by atoms with Crippen molar-refractivity contribution >= 4 is 0 Å². The number of aromatic hydroxyl groups is 1. The van der Waals surface area contributed by atoms with E-state index in [1.807, 2.05) is 24.3 Å². The summed E-state index contributed by atoms with van der Waals surface area (Å²) in [6.45, 7) is 2.38. The lowest BCUT2D eigenvalue weighted by Crippen LogP contribution is -2.40. The van der Waals surface area contributed by atoms with E-state index in [1.165, 1.54) is 5.56 Å². The molecule has 0 amide bonds. The van der Waals surface area contributed by atoms with E-state index >= 15 is 0 Å². The van der Waals surface area contributed by atoms with Crippen molar-refractivity contribution in [3.63, 3.8) is 0 Å². The third kappa shape index (κ3) is 4.57. The number of benzene rings is 2. The summed E-state index contributed by atoms with van der Waals surface area (Å²) in [5, 5.41) is 20.5. The molecule has 1 saturated heterocycles. The molecule has 4 rings (SSSR count). The minimum atomic E-state index is -0.304. The summed E-state index contributed by atoms with van der Waals surface area (Å²) in [6, 6.07) is 18.2. The first-order chi connectivity index (χ1) is 13.7. The second-order valence-corrected chi connectivity index (χ2v) is 8.25. The molecule has 2 aromatic rings. The van der Waals surface area contributed by atoms with Crippen LogP contribution in [0.2, 0.25) is 0 Å². The van der Waals surface area contributed by atoms with Gasteiger partial charge in [-0.3, -0.25) is 4.90 Å². The SMILES string of the molecule is Oc1ccccc1[C@H]1CC[C@@H](OC[C@H]2[C@H](O)CCN2Cc2ccccc2)CC1. The summed E-state index contributed by atoms with van der Waals surface area (Å²) in [7, 11) is 0. The van der Waals surface area contributed by atoms with Crippen LogP contribution >= 0.6 is 0 Å². The van der Waals surface area contributed by atoms with E-state index in [-0.39, 0.29) is 18.2 Å². The van der Waals surface area contributed by atoms with Crippen LogP contribution < -0.4 is 0 Å². The molecule has 0 aromatic heterocycles. The molecular formula is C24H31NO3. The van der Waals surface area contributed by atoms with Crippen LogP contribution in [0.1, 0.15) is 49.1 Å². The fraction of sp³-hybridized carbons (Fsp3) is 0.500. The van der Waals surface area contributed by atoms with Crippen LogP contribution in [0.5, 0.6) is 5.75 Å². The summed E-state index contributed by atoms with van der Waals surface area (Å²) in [5.41, 5.74) is 2.35. The fourth-order valence-corrected chi connectivity index (χ4v) is 4.74. The Hall–Kier alpha value is -1.88. The van der Waals surface area contributed by atoms with Gasteiger partial charge in [-0.05, 0) is 55.2 Å². The van der Waals surface area contributed by atoms with Crippen LogP contribution in [0, 0.1) is 0 Å². The fourth-order valence-electron chi connectivity index (χ4n) is 4.74. The molecule has 4 nitrogen and oxygen atoms in total. The third-order valence-electron chi connectivity index (χ3n) is 6.41. The van der Waals surface area contributed by atoms with Crippen molar-refractivity contribution in [2.24, 2.45) is 0 Å². The second-order valence-electron chi connectivity index (χ2n) is 8.25. The Bertz CT molecular complexity index is 743. The number of hydrogen-bond donors (Lipinski definition) is 2. The second kappa shape index (κ2) is 9.08. The van der Waals surface area contributed by atoms with E-state index in [9.17, 15) is 10.2 Å². The van der Waals surface area contributed by atoms with Crippen molar-refractivity contribution in [3.05, 3.63) is 65.7 Å². The van der Waals surface area contributed by atoms with Gasteiger partial charge in [-0.2, -0.15) is 0 Å². The Kier molecular flexibility index (Phi) is 6.30. The minimum absolute atomic E-state index is 0.0797. The topological polar surface area (TPSA) is 52.9 Å². The van der Waals surface area contributed by atoms with E-state index in [2.05, 4.69) is 29.2 Å². The first-order valence-electron chi connectivity index (χ1n) is 10.6. The van der Waals surface area contributed by atoms with Crippen molar-refractivity contribution < 1.29 is 14.9 Å². The van der Waals surface area contributed by atoms with E-state index in [1.54, 1.807) is 6.07 Å². The first kappa shape index (κ1) is 19.4. The Morgan fingerprint density at radius 2 is 1.61 bits per heavy atom. The molecule has 1 heterocycles. The van der Waals surface area contributed by atoms with E-state index < -0.39 is 0 Å². The van der Waals surface area contributed by atoms with Gasteiger partial charge in [-0.1, -0.05) is 48.5 Å². The average Bonchev–Trinajstić information content (AvgIpc) is 3.07. The lowest BCUT2D eigenvalue weighted by Gasteiger charge is -2.32. The summed E-state index contributed by atoms with van der Waals surface area (Å²) in [6.07, 6.45) is 4.89. The van der Waals surface area contributed by atoms with Crippen LogP contribution in [0.4, 0.5) is 0 Å². The van der Waals surface area contributed by atoms with Crippen molar-refractivity contribution in [2.75, 3.05) is 13.2 Å². The number of hydrogen-bond acceptors (Lipinski definition) is 4. The normalized spacial score (nSPS) is 28.5. The van der Waals surface area contributed by atoms with Gasteiger partial charge >= 0.3 is 0 Å². The maximum atomic E-state index is 10.4. The number of rotatable bonds is 6. The van der Waals surface area contributed by atoms with E-state index in [0.717, 1.165) is 50.8 Å². The maximum absolute atomic E-state index is 10.4. The molecule has 28 heavy (non-hydrogen) atoms. The molecule has 1 aliphatic carbocycles. The molecular weight excluding hydrogens is 350 g/mol. The monoisotopic (exact) mass is 381 g/mol. The smallest absolute Gasteiger partial charge is 0.119 e. The number of aliphatic hydroxyl groups excluding tert-OH is 1. The van der Waals surface area contributed by atoms with Crippen LogP contribution in [-0.4, -0.2) is 46.5 Å². The molecule has 4 heteroatoms. The van der Waals surface area contributed by atoms with Gasteiger partial charge in [0.15, 0.2) is 0 Å². The van der Waals surface area contributed by atoms with E-state index in [4.69, 9.17) is 4.74 Å². The molecule has 2 aliphatic rings. The third-order valence-corrected chi connectivity index (χ3v) is 6.41. The zero-order chi connectivity index (χ0) is 19.3. The summed E-state index contributed by atoms with van der Waals surface area (Å²) in [4.78, 5) is 2.35. The highest BCUT2D eigenvalue weighted by Crippen LogP contribution is 2.38. The maximum Gasteiger partial charge on any atom is 0.119 e. The highest BCUT2D eigenvalue weighted by atomic mass is 16.5. The van der Waals surface area contributed by atoms with Gasteiger partial charge in [-0.15, -0.1) is 0 Å². The highest BCUT2D eigenvalue weighted by molar-refractivity contribution is 5.35. The average molecular weight is 382 g/mol. The van der Waals surface area contributed by atoms with Crippen molar-refractivity contribution in [3.8, 4) is 5.75 Å². The van der Waals surface area contributed by atoms with E-state index in [0.29, 0.717) is 18.3 Å². The first-order valence-corrected chi connectivity index (χ1v) is 10.6. The number of aliphatic hydroxyl groups is 1. The molecule has 2 atom stereocenters. The van der Waals surface area contributed by atoms with Crippen LogP contribution in [-0.2, 0) is 11.3 Å². The highest BCUT2D eigenvalue weighted by Gasteiger charge is 2.34. The van der Waals surface area contributed by atoms with Crippen molar-refractivity contribution in [1.82, 2.24) is 4.90 Å². The Labute approximate surface area is 167 Å². The van der Waals surface area contributed by atoms with Gasteiger partial charge in [0.1, 0.15) is 5.75 Å². The summed E-state index contributed by atoms with van der Waals surface area (Å²) < 4.78 is 6.26. The van der Waals surface area contributed by atoms with Gasteiger partial charge in [-0.25, -0.2) is 0 Å². The molecule has 1 saturated carbocycles. The molecule has 0 bridgehead atoms. The summed E-state index contributed by atoms with van der Waals surface area (Å²) in [5.74, 6) is 0.838. The Balaban J connectivity index is 1.27. The molecule has 2 aromatic carbocycles. The van der Waals surface area contributed by atoms with Crippen molar-refractivity contribution in [1.29, 1.82) is 0 Å². The molecule has 0 unspecified atom stereocenters. The largest absolute Gasteiger partial charge is 0.508 e. The molecule has 0 radical (unpaired) electrons. The van der Waals surface area contributed by atoms with Crippen LogP contribution in [0.15, 0.2) is 54.6 Å². The Morgan fingerprint density at radius 3 is 2.36 bits per heavy atom. The lowest BCUT2D eigenvalue weighted by atomic mass is 9.82. The summed E-state index contributed by atoms with van der Waals surface area (Å²) >= 11 is 0. The molecule has 2 N–H and O–H groups in total. The number of ether oxygens (including phenoxy) is 1. The molecule has 150 valence electrons. The number of likely N-dealkylation sites (tertiary alicyclic amines) is 1. The van der Waals surface area contributed by atoms with Gasteiger partial charge in [0.2, 0.25) is 0 Å². The van der Waals surface area contributed by atoms with Crippen LogP contribution in [0.3, 0.4) is 0 Å². The number of nitrogens with zero attached hydrogens (tertiary/aromatic N) is 1. The molecule has 0 spiro atoms. The van der Waals surface area contributed by atoms with Crippen molar-refractivity contribution in [2.45, 2.75) is 62.8 Å². The minimum Gasteiger partial charge on any atom is -0.508 e. The van der Waals surface area contributed by atoms with Gasteiger partial charge in [0, 0.05) is 13.1 Å². The number of phenols is 1. The van der Waals surface area contributed by atoms with Gasteiger partial charge < -0.3 is 14.9 Å². The zero-order valence-corrected chi connectivity index (χ0v) is 16.4. The molecule has 2 fully saturated rings. The number of phenolic OH excluding ortho intramolecular Hbond substituents is 1. The predicted octanol–water partition coefficient (Wildman–Crippen LogP) is 4.07. The van der Waals surface area contributed by atoms with Crippen LogP contribution in [0.25, 0.3) is 0 Å². The Morgan fingerprint density at radius 1 is 0.893 bits per heavy atom. The zero-order valence-electron chi connectivity index (χ0n) is 16.4. The molecule has 1 aliphatic heterocycles. The predicted molar refractivity (Wildman–Crippen MR) is 110 cm³/mol. The standard InChI is InChI=1S/C24H31NO3/c26-23-9-5-4-8-21(23)19-10-12-20(13-11-19)28-17-22-24(27)14-15-25(22)16-18-6-2-1-3-7-18/h1-9,19-20,22,24,26-27H,10-17H2/t19-,20+,22-,24+/m0/s1.